The summed E-state index contributed by atoms with van der Waals surface area (Å²) in [5, 5.41) is 4.44. The first kappa shape index (κ1) is 9.46. The van der Waals surface area contributed by atoms with Crippen LogP contribution in [-0.4, -0.2) is 17.8 Å². The highest BCUT2D eigenvalue weighted by molar-refractivity contribution is 6.03. The summed E-state index contributed by atoms with van der Waals surface area (Å²) in [5.74, 6) is 0.587. The molecule has 82 valence electrons. The minimum atomic E-state index is 0.587. The molecule has 1 aromatic carbocycles. The largest absolute Gasteiger partial charge is 0.383 e. The van der Waals surface area contributed by atoms with Crippen molar-refractivity contribution in [3.8, 4) is 0 Å². The van der Waals surface area contributed by atoms with E-state index in [2.05, 4.69) is 23.3 Å². The summed E-state index contributed by atoms with van der Waals surface area (Å²) in [7, 11) is 0. The molecule has 1 aliphatic rings. The van der Waals surface area contributed by atoms with E-state index in [4.69, 9.17) is 0 Å². The predicted molar refractivity (Wildman–Crippen MR) is 65.2 cm³/mol. The second-order valence-electron chi connectivity index (χ2n) is 4.43. The third kappa shape index (κ3) is 1.18. The Morgan fingerprint density at radius 3 is 3.12 bits per heavy atom. The molecule has 0 spiro atoms. The molecule has 2 heterocycles. The second kappa shape index (κ2) is 3.37. The molecule has 0 saturated carbocycles. The summed E-state index contributed by atoms with van der Waals surface area (Å²) >= 11 is 0. The van der Waals surface area contributed by atoms with E-state index in [0.717, 1.165) is 29.3 Å². The van der Waals surface area contributed by atoms with Crippen LogP contribution in [0.1, 0.15) is 35.2 Å². The van der Waals surface area contributed by atoms with Gasteiger partial charge >= 0.3 is 0 Å². The van der Waals surface area contributed by atoms with Crippen LogP contribution < -0.4 is 5.32 Å². The van der Waals surface area contributed by atoms with Crippen LogP contribution in [0.25, 0.3) is 10.9 Å². The van der Waals surface area contributed by atoms with E-state index in [-0.39, 0.29) is 0 Å². The van der Waals surface area contributed by atoms with Gasteiger partial charge in [0, 0.05) is 23.7 Å². The summed E-state index contributed by atoms with van der Waals surface area (Å²) in [6.07, 6.45) is 3.84. The monoisotopic (exact) mass is 214 g/mol. The summed E-state index contributed by atoms with van der Waals surface area (Å²) in [6.45, 7) is 3.25. The molecule has 0 fully saturated rings. The molecular weight excluding hydrogens is 200 g/mol. The van der Waals surface area contributed by atoms with E-state index in [9.17, 15) is 4.79 Å². The van der Waals surface area contributed by atoms with E-state index in [1.807, 2.05) is 6.07 Å². The molecule has 2 N–H and O–H groups in total. The first-order valence-electron chi connectivity index (χ1n) is 5.64. The first-order chi connectivity index (χ1) is 7.81. The number of carbonyl (C=O) groups is 1. The molecule has 16 heavy (non-hydrogen) atoms. The molecule has 1 unspecified atom stereocenters. The predicted octanol–water partition coefficient (Wildman–Crippen LogP) is 2.90. The topological polar surface area (TPSA) is 44.9 Å². The van der Waals surface area contributed by atoms with E-state index in [0.29, 0.717) is 5.92 Å². The summed E-state index contributed by atoms with van der Waals surface area (Å²) in [5.41, 5.74) is 4.31. The average Bonchev–Trinajstić information content (AvgIpc) is 2.72. The molecule has 1 aromatic heterocycles. The fourth-order valence-electron chi connectivity index (χ4n) is 2.50. The molecule has 3 heteroatoms. The molecule has 0 bridgehead atoms. The molecule has 2 aromatic rings. The molecule has 3 nitrogen and oxygen atoms in total. The maximum atomic E-state index is 10.9. The van der Waals surface area contributed by atoms with Crippen LogP contribution in [0.2, 0.25) is 0 Å². The van der Waals surface area contributed by atoms with E-state index >= 15 is 0 Å². The Hall–Kier alpha value is -1.77. The van der Waals surface area contributed by atoms with Crippen LogP contribution in [0.4, 0.5) is 5.69 Å². The lowest BCUT2D eigenvalue weighted by atomic mass is 9.91. The number of H-pyrrole nitrogens is 1. The van der Waals surface area contributed by atoms with Gasteiger partial charge in [-0.15, -0.1) is 0 Å². The van der Waals surface area contributed by atoms with Gasteiger partial charge in [-0.05, 0) is 17.9 Å². The number of anilines is 1. The number of rotatable bonds is 1. The van der Waals surface area contributed by atoms with Crippen molar-refractivity contribution in [1.82, 2.24) is 4.98 Å². The Kier molecular flexibility index (Phi) is 1.99. The smallest absolute Gasteiger partial charge is 0.152 e. The van der Waals surface area contributed by atoms with Crippen molar-refractivity contribution in [3.05, 3.63) is 29.5 Å². The average molecular weight is 214 g/mol. The highest BCUT2D eigenvalue weighted by Crippen LogP contribution is 2.36. The van der Waals surface area contributed by atoms with Gasteiger partial charge in [0.25, 0.3) is 0 Å². The number of carbonyl (C=O) groups excluding carboxylic acids is 1. The lowest BCUT2D eigenvalue weighted by Crippen LogP contribution is -2.15. The fourth-order valence-corrected chi connectivity index (χ4v) is 2.50. The number of benzene rings is 1. The third-order valence-corrected chi connectivity index (χ3v) is 3.46. The van der Waals surface area contributed by atoms with Gasteiger partial charge in [-0.2, -0.15) is 0 Å². The zero-order chi connectivity index (χ0) is 11.1. The van der Waals surface area contributed by atoms with E-state index in [1.165, 1.54) is 17.7 Å². The van der Waals surface area contributed by atoms with Crippen LogP contribution in [0.3, 0.4) is 0 Å². The van der Waals surface area contributed by atoms with Crippen LogP contribution in [0.5, 0.6) is 0 Å². The molecule has 0 saturated heterocycles. The minimum Gasteiger partial charge on any atom is -0.383 e. The number of nitrogens with one attached hydrogen (secondary N) is 2. The van der Waals surface area contributed by atoms with Gasteiger partial charge in [0.05, 0.1) is 11.2 Å². The van der Waals surface area contributed by atoms with E-state index < -0.39 is 0 Å². The molecule has 0 amide bonds. The molecule has 0 aliphatic carbocycles. The van der Waals surface area contributed by atoms with Gasteiger partial charge in [0.15, 0.2) is 6.29 Å². The first-order valence-corrected chi connectivity index (χ1v) is 5.64. The van der Waals surface area contributed by atoms with Crippen LogP contribution in [0.15, 0.2) is 18.3 Å². The Bertz CT molecular complexity index is 556. The summed E-state index contributed by atoms with van der Waals surface area (Å²) in [4.78, 5) is 14.1. The van der Waals surface area contributed by atoms with Crippen molar-refractivity contribution in [2.75, 3.05) is 11.9 Å². The van der Waals surface area contributed by atoms with Crippen LogP contribution >= 0.6 is 0 Å². The third-order valence-electron chi connectivity index (χ3n) is 3.46. The summed E-state index contributed by atoms with van der Waals surface area (Å²) in [6, 6.07) is 4.17. The Morgan fingerprint density at radius 1 is 1.44 bits per heavy atom. The number of aldehydes is 1. The van der Waals surface area contributed by atoms with Gasteiger partial charge < -0.3 is 10.3 Å². The van der Waals surface area contributed by atoms with Crippen LogP contribution in [0, 0.1) is 0 Å². The van der Waals surface area contributed by atoms with Crippen molar-refractivity contribution >= 4 is 22.9 Å². The molecule has 1 atom stereocenters. The van der Waals surface area contributed by atoms with Gasteiger partial charge in [0.2, 0.25) is 0 Å². The Balaban J connectivity index is 2.31. The molecular formula is C13H14N2O. The fraction of sp³-hybridized carbons (Fsp3) is 0.308. The Morgan fingerprint density at radius 2 is 2.31 bits per heavy atom. The Labute approximate surface area is 93.9 Å². The maximum Gasteiger partial charge on any atom is 0.152 e. The molecule has 0 radical (unpaired) electrons. The van der Waals surface area contributed by atoms with Crippen molar-refractivity contribution in [3.63, 3.8) is 0 Å². The molecule has 1 aliphatic heterocycles. The number of aromatic amines is 1. The minimum absolute atomic E-state index is 0.587. The van der Waals surface area contributed by atoms with Crippen molar-refractivity contribution in [1.29, 1.82) is 0 Å². The number of fused-ring (bicyclic) bond motifs is 3. The number of hydrogen-bond acceptors (Lipinski definition) is 2. The SMILES string of the molecule is CC1CCNc2c1ccc1c(C=O)c[nH]c21. The normalized spacial score (nSPS) is 19.2. The maximum absolute atomic E-state index is 10.9. The zero-order valence-electron chi connectivity index (χ0n) is 9.21. The van der Waals surface area contributed by atoms with Crippen molar-refractivity contribution < 1.29 is 4.79 Å². The van der Waals surface area contributed by atoms with Crippen LogP contribution in [-0.2, 0) is 0 Å². The lowest BCUT2D eigenvalue weighted by Gasteiger charge is -2.24. The van der Waals surface area contributed by atoms with Crippen molar-refractivity contribution in [2.45, 2.75) is 19.3 Å². The summed E-state index contributed by atoms with van der Waals surface area (Å²) < 4.78 is 0. The van der Waals surface area contributed by atoms with E-state index in [1.54, 1.807) is 6.20 Å². The lowest BCUT2D eigenvalue weighted by molar-refractivity contribution is 0.112. The second-order valence-corrected chi connectivity index (χ2v) is 4.43. The number of aromatic nitrogens is 1. The van der Waals surface area contributed by atoms with Gasteiger partial charge in [-0.25, -0.2) is 0 Å². The molecule has 3 rings (SSSR count). The van der Waals surface area contributed by atoms with Crippen molar-refractivity contribution in [2.24, 2.45) is 0 Å². The van der Waals surface area contributed by atoms with Gasteiger partial charge in [-0.3, -0.25) is 4.79 Å². The highest BCUT2D eigenvalue weighted by atomic mass is 16.1. The highest BCUT2D eigenvalue weighted by Gasteiger charge is 2.19. The van der Waals surface area contributed by atoms with Gasteiger partial charge in [0.1, 0.15) is 0 Å². The zero-order valence-corrected chi connectivity index (χ0v) is 9.21. The quantitative estimate of drug-likeness (QED) is 0.717. The number of hydrogen-bond donors (Lipinski definition) is 2. The van der Waals surface area contributed by atoms with Gasteiger partial charge in [-0.1, -0.05) is 19.1 Å². The standard InChI is InChI=1S/C13H14N2O/c1-8-4-5-14-12-10(8)2-3-11-9(7-16)6-15-13(11)12/h2-3,6-8,14-15H,4-5H2,1H3.